The lowest BCUT2D eigenvalue weighted by molar-refractivity contribution is -0.117. The Hall–Kier alpha value is -2.12. The van der Waals surface area contributed by atoms with Crippen molar-refractivity contribution in [2.45, 2.75) is 39.3 Å². The molecule has 1 amide bonds. The molecule has 0 radical (unpaired) electrons. The molecule has 0 atom stereocenters. The largest absolute Gasteiger partial charge is 0.425 e. The molecule has 3 aromatic rings. The number of imidazole rings is 1. The molecule has 1 aliphatic heterocycles. The maximum absolute atomic E-state index is 12.4. The van der Waals surface area contributed by atoms with E-state index in [2.05, 4.69) is 40.6 Å². The van der Waals surface area contributed by atoms with Crippen LogP contribution in [0.5, 0.6) is 11.8 Å². The molecule has 0 unspecified atom stereocenters. The van der Waals surface area contributed by atoms with Gasteiger partial charge in [-0.2, -0.15) is 13.4 Å². The molecular weight excluding hydrogens is 576 g/mol. The Kier molecular flexibility index (Phi) is 7.22. The number of fused-ring (bicyclic) bond motifs is 1. The predicted molar refractivity (Wildman–Crippen MR) is 142 cm³/mol. The lowest BCUT2D eigenvalue weighted by Gasteiger charge is -2.18. The maximum Gasteiger partial charge on any atom is 0.326 e. The molecular formula is C22H26BrClN4O5SSi. The predicted octanol–water partition coefficient (Wildman–Crippen LogP) is 5.05. The summed E-state index contributed by atoms with van der Waals surface area (Å²) in [5.74, 6) is -0.223. The van der Waals surface area contributed by atoms with Crippen LogP contribution < -0.4 is 13.8 Å². The monoisotopic (exact) mass is 600 g/mol. The van der Waals surface area contributed by atoms with E-state index in [1.165, 1.54) is 0 Å². The van der Waals surface area contributed by atoms with Crippen molar-refractivity contribution < 1.29 is 22.7 Å². The molecule has 35 heavy (non-hydrogen) atoms. The Bertz CT molecular complexity index is 1410. The van der Waals surface area contributed by atoms with Crippen LogP contribution in [0, 0.1) is 6.92 Å². The fourth-order valence-corrected chi connectivity index (χ4v) is 5.97. The van der Waals surface area contributed by atoms with Gasteiger partial charge in [0.1, 0.15) is 19.0 Å². The Balaban J connectivity index is 1.67. The van der Waals surface area contributed by atoms with E-state index >= 15 is 0 Å². The number of nitrogens with zero attached hydrogens (tertiary/aromatic N) is 3. The first-order valence-electron chi connectivity index (χ1n) is 10.9. The number of aromatic nitrogens is 2. The third kappa shape index (κ3) is 5.83. The van der Waals surface area contributed by atoms with E-state index in [1.54, 1.807) is 41.8 Å². The van der Waals surface area contributed by atoms with Crippen molar-refractivity contribution in [2.75, 3.05) is 17.5 Å². The standard InChI is InChI=1S/C22H26BrClN4O5SSi/c1-14-5-6-15(9-19(14)28-12-21(29)26-34(28,30)31)33-22-25-18-10-16(23)17(24)11-20(18)27(22)13-32-7-8-35(2,3)4/h5-6,9-11H,7-8,12-13H2,1-4H3,(H,26,29). The summed E-state index contributed by atoms with van der Waals surface area (Å²) in [6.45, 7) is 9.16. The van der Waals surface area contributed by atoms with Gasteiger partial charge in [-0.3, -0.25) is 9.36 Å². The van der Waals surface area contributed by atoms with Gasteiger partial charge in [-0.15, -0.1) is 0 Å². The van der Waals surface area contributed by atoms with Crippen molar-refractivity contribution in [1.82, 2.24) is 14.3 Å². The van der Waals surface area contributed by atoms with Crippen molar-refractivity contribution >= 4 is 68.4 Å². The number of carbonyl (C=O) groups excluding carboxylic acids is 1. The Morgan fingerprint density at radius 2 is 1.97 bits per heavy atom. The quantitative estimate of drug-likeness (QED) is 0.287. The van der Waals surface area contributed by atoms with E-state index in [0.29, 0.717) is 38.6 Å². The van der Waals surface area contributed by atoms with E-state index in [0.717, 1.165) is 15.9 Å². The van der Waals surface area contributed by atoms with Crippen LogP contribution in [0.4, 0.5) is 5.69 Å². The molecule has 9 nitrogen and oxygen atoms in total. The van der Waals surface area contributed by atoms with Crippen molar-refractivity contribution in [3.63, 3.8) is 0 Å². The van der Waals surface area contributed by atoms with Crippen LogP contribution in [0.3, 0.4) is 0 Å². The molecule has 1 N–H and O–H groups in total. The SMILES string of the molecule is Cc1ccc(Oc2nc3cc(Br)c(Cl)cc3n2COCC[Si](C)(C)C)cc1N1CC(=O)NS1(=O)=O. The first kappa shape index (κ1) is 26.0. The first-order valence-corrected chi connectivity index (χ1v) is 17.2. The van der Waals surface area contributed by atoms with E-state index in [9.17, 15) is 13.2 Å². The van der Waals surface area contributed by atoms with Gasteiger partial charge in [0.2, 0.25) is 0 Å². The molecule has 0 bridgehead atoms. The highest BCUT2D eigenvalue weighted by Crippen LogP contribution is 2.34. The van der Waals surface area contributed by atoms with Gasteiger partial charge in [0.15, 0.2) is 0 Å². The number of carbonyl (C=O) groups is 1. The lowest BCUT2D eigenvalue weighted by atomic mass is 10.2. The molecule has 1 aromatic heterocycles. The van der Waals surface area contributed by atoms with Crippen LogP contribution in [-0.2, 0) is 26.5 Å². The number of aryl methyl sites for hydroxylation is 1. The molecule has 2 aromatic carbocycles. The Labute approximate surface area is 218 Å². The van der Waals surface area contributed by atoms with Crippen LogP contribution in [0.2, 0.25) is 30.7 Å². The summed E-state index contributed by atoms with van der Waals surface area (Å²) in [6, 6.07) is 9.90. The van der Waals surface area contributed by atoms with Crippen molar-refractivity contribution in [2.24, 2.45) is 0 Å². The van der Waals surface area contributed by atoms with Gasteiger partial charge in [-0.25, -0.2) is 9.03 Å². The molecule has 13 heteroatoms. The van der Waals surface area contributed by atoms with Crippen LogP contribution in [-0.4, -0.2) is 45.1 Å². The summed E-state index contributed by atoms with van der Waals surface area (Å²) in [5.41, 5.74) is 2.43. The molecule has 0 spiro atoms. The van der Waals surface area contributed by atoms with E-state index in [4.69, 9.17) is 21.1 Å². The normalized spacial score (nSPS) is 15.6. The zero-order valence-electron chi connectivity index (χ0n) is 19.8. The van der Waals surface area contributed by atoms with Gasteiger partial charge in [-0.05, 0) is 52.7 Å². The summed E-state index contributed by atoms with van der Waals surface area (Å²) in [5, 5.41) is 0.529. The van der Waals surface area contributed by atoms with E-state index in [1.807, 2.05) is 4.72 Å². The van der Waals surface area contributed by atoms with Crippen molar-refractivity contribution in [3.8, 4) is 11.8 Å². The lowest BCUT2D eigenvalue weighted by Crippen LogP contribution is -2.30. The van der Waals surface area contributed by atoms with Gasteiger partial charge in [0.25, 0.3) is 5.91 Å². The molecule has 4 rings (SSSR count). The maximum atomic E-state index is 12.4. The number of anilines is 1. The van der Waals surface area contributed by atoms with Gasteiger partial charge < -0.3 is 9.47 Å². The number of ether oxygens (including phenoxy) is 2. The molecule has 1 aliphatic rings. The Morgan fingerprint density at radius 3 is 2.63 bits per heavy atom. The highest BCUT2D eigenvalue weighted by Gasteiger charge is 2.35. The third-order valence-corrected chi connectivity index (χ3v) is 9.74. The second kappa shape index (κ2) is 9.73. The Morgan fingerprint density at radius 1 is 1.23 bits per heavy atom. The number of hydrogen-bond acceptors (Lipinski definition) is 6. The zero-order chi connectivity index (χ0) is 25.5. The first-order chi connectivity index (χ1) is 16.3. The highest BCUT2D eigenvalue weighted by molar-refractivity contribution is 9.10. The smallest absolute Gasteiger partial charge is 0.326 e. The minimum Gasteiger partial charge on any atom is -0.425 e. The number of rotatable bonds is 8. The average molecular weight is 602 g/mol. The topological polar surface area (TPSA) is 103 Å². The fourth-order valence-electron chi connectivity index (χ4n) is 3.52. The van der Waals surface area contributed by atoms with Crippen molar-refractivity contribution in [1.29, 1.82) is 0 Å². The van der Waals surface area contributed by atoms with Crippen LogP contribution in [0.1, 0.15) is 5.56 Å². The minimum absolute atomic E-state index is 0.214. The van der Waals surface area contributed by atoms with Gasteiger partial charge in [-0.1, -0.05) is 37.3 Å². The zero-order valence-corrected chi connectivity index (χ0v) is 23.9. The van der Waals surface area contributed by atoms with Gasteiger partial charge in [0, 0.05) is 25.2 Å². The summed E-state index contributed by atoms with van der Waals surface area (Å²) in [4.78, 5) is 16.3. The minimum atomic E-state index is -3.95. The number of benzene rings is 2. The number of halogens is 2. The third-order valence-electron chi connectivity index (χ3n) is 5.45. The molecule has 0 saturated carbocycles. The number of hydrogen-bond donors (Lipinski definition) is 1. The van der Waals surface area contributed by atoms with Crippen LogP contribution >= 0.6 is 27.5 Å². The fraction of sp³-hybridized carbons (Fsp3) is 0.364. The molecule has 1 fully saturated rings. The summed E-state index contributed by atoms with van der Waals surface area (Å²) < 4.78 is 42.3. The molecule has 2 heterocycles. The molecule has 1 saturated heterocycles. The summed E-state index contributed by atoms with van der Waals surface area (Å²) in [6.07, 6.45) is 0. The van der Waals surface area contributed by atoms with Gasteiger partial charge in [0.05, 0.1) is 21.7 Å². The number of nitrogens with one attached hydrogen (secondary N) is 1. The van der Waals surface area contributed by atoms with Crippen LogP contribution in [0.15, 0.2) is 34.8 Å². The second-order valence-corrected chi connectivity index (χ2v) is 18.0. The molecule has 0 aliphatic carbocycles. The van der Waals surface area contributed by atoms with Crippen molar-refractivity contribution in [3.05, 3.63) is 45.4 Å². The summed E-state index contributed by atoms with van der Waals surface area (Å²) >= 11 is 9.77. The second-order valence-electron chi connectivity index (χ2n) is 9.51. The average Bonchev–Trinajstić information content (AvgIpc) is 3.20. The summed E-state index contributed by atoms with van der Waals surface area (Å²) in [7, 11) is -5.20. The van der Waals surface area contributed by atoms with E-state index in [-0.39, 0.29) is 19.3 Å². The number of amides is 1. The van der Waals surface area contributed by atoms with Gasteiger partial charge >= 0.3 is 16.2 Å². The van der Waals surface area contributed by atoms with Crippen LogP contribution in [0.25, 0.3) is 11.0 Å². The molecule has 188 valence electrons. The highest BCUT2D eigenvalue weighted by atomic mass is 79.9. The van der Waals surface area contributed by atoms with E-state index < -0.39 is 24.2 Å².